The average Bonchev–Trinajstić information content (AvgIpc) is 2.42. The van der Waals surface area contributed by atoms with Crippen molar-refractivity contribution in [2.75, 3.05) is 32.7 Å². The Kier molecular flexibility index (Phi) is 6.25. The number of rotatable bonds is 2. The van der Waals surface area contributed by atoms with Crippen LogP contribution in [-0.4, -0.2) is 37.6 Å². The largest absolute Gasteiger partial charge is 0.317 e. The first-order valence-corrected chi connectivity index (χ1v) is 7.09. The molecule has 0 aromatic heterocycles. The number of nitrogens with zero attached hydrogens (tertiary/aromatic N) is 1. The molecule has 2 heterocycles. The van der Waals surface area contributed by atoms with Crippen molar-refractivity contribution in [2.24, 2.45) is 11.3 Å². The monoisotopic (exact) mass is 260 g/mol. The highest BCUT2D eigenvalue weighted by Gasteiger charge is 2.24. The molecule has 2 fully saturated rings. The molecule has 2 aliphatic rings. The van der Waals surface area contributed by atoms with Crippen molar-refractivity contribution in [2.45, 2.75) is 46.0 Å². The first-order valence-electron chi connectivity index (χ1n) is 7.09. The molecule has 2 saturated heterocycles. The van der Waals surface area contributed by atoms with Crippen molar-refractivity contribution in [1.29, 1.82) is 0 Å². The minimum Gasteiger partial charge on any atom is -0.317 e. The molecule has 2 aliphatic heterocycles. The van der Waals surface area contributed by atoms with E-state index in [1.807, 2.05) is 0 Å². The van der Waals surface area contributed by atoms with E-state index in [1.165, 1.54) is 64.8 Å². The quantitative estimate of drug-likeness (QED) is 0.821. The first kappa shape index (κ1) is 15.3. The van der Waals surface area contributed by atoms with Crippen molar-refractivity contribution in [1.82, 2.24) is 10.2 Å². The smallest absolute Gasteiger partial charge is 0.00106 e. The Bertz CT molecular complexity index is 212. The van der Waals surface area contributed by atoms with Crippen LogP contribution in [-0.2, 0) is 0 Å². The number of likely N-dealkylation sites (tertiary alicyclic amines) is 1. The minimum atomic E-state index is 0. The molecule has 0 spiro atoms. The van der Waals surface area contributed by atoms with Gasteiger partial charge in [-0.1, -0.05) is 13.8 Å². The molecule has 0 radical (unpaired) electrons. The summed E-state index contributed by atoms with van der Waals surface area (Å²) >= 11 is 0. The van der Waals surface area contributed by atoms with Crippen LogP contribution in [0.15, 0.2) is 0 Å². The number of hydrogen-bond acceptors (Lipinski definition) is 2. The third-order valence-corrected chi connectivity index (χ3v) is 4.41. The van der Waals surface area contributed by atoms with Crippen LogP contribution in [0.1, 0.15) is 46.0 Å². The zero-order chi connectivity index (χ0) is 11.4. The Hall–Kier alpha value is 0.210. The number of piperidine rings is 1. The molecule has 0 aromatic rings. The molecule has 1 N–H and O–H groups in total. The van der Waals surface area contributed by atoms with Crippen LogP contribution in [0.2, 0.25) is 0 Å². The summed E-state index contributed by atoms with van der Waals surface area (Å²) in [6.07, 6.45) is 6.98. The Morgan fingerprint density at radius 3 is 2.53 bits per heavy atom. The van der Waals surface area contributed by atoms with E-state index in [-0.39, 0.29) is 12.4 Å². The van der Waals surface area contributed by atoms with E-state index in [1.54, 1.807) is 0 Å². The Balaban J connectivity index is 0.00000144. The van der Waals surface area contributed by atoms with Gasteiger partial charge in [0, 0.05) is 6.54 Å². The van der Waals surface area contributed by atoms with Gasteiger partial charge in [0.2, 0.25) is 0 Å². The van der Waals surface area contributed by atoms with Crippen molar-refractivity contribution >= 4 is 12.4 Å². The van der Waals surface area contributed by atoms with Gasteiger partial charge in [0.05, 0.1) is 0 Å². The fraction of sp³-hybridized carbons (Fsp3) is 1.00. The maximum absolute atomic E-state index is 3.46. The molecule has 0 bridgehead atoms. The molecule has 0 saturated carbocycles. The molecule has 2 nitrogen and oxygen atoms in total. The zero-order valence-corrected chi connectivity index (χ0v) is 12.3. The second-order valence-corrected chi connectivity index (χ2v) is 6.51. The molecule has 2 rings (SSSR count). The van der Waals surface area contributed by atoms with Crippen molar-refractivity contribution < 1.29 is 0 Å². The van der Waals surface area contributed by atoms with Crippen LogP contribution in [0.5, 0.6) is 0 Å². The van der Waals surface area contributed by atoms with Gasteiger partial charge in [-0.3, -0.25) is 0 Å². The molecule has 0 aliphatic carbocycles. The summed E-state index contributed by atoms with van der Waals surface area (Å²) in [6.45, 7) is 11.4. The molecule has 0 amide bonds. The second kappa shape index (κ2) is 6.96. The molecule has 0 aromatic carbocycles. The first-order chi connectivity index (χ1) is 7.66. The van der Waals surface area contributed by atoms with Gasteiger partial charge in [0.15, 0.2) is 0 Å². The lowest BCUT2D eigenvalue weighted by atomic mass is 9.85. The lowest BCUT2D eigenvalue weighted by molar-refractivity contribution is 0.204. The topological polar surface area (TPSA) is 15.3 Å². The van der Waals surface area contributed by atoms with Crippen LogP contribution in [0.4, 0.5) is 0 Å². The van der Waals surface area contributed by atoms with Gasteiger partial charge < -0.3 is 10.2 Å². The summed E-state index contributed by atoms with van der Waals surface area (Å²) < 4.78 is 0. The van der Waals surface area contributed by atoms with E-state index < -0.39 is 0 Å². The average molecular weight is 261 g/mol. The van der Waals surface area contributed by atoms with Gasteiger partial charge in [-0.05, 0) is 69.6 Å². The minimum absolute atomic E-state index is 0. The normalized spacial score (nSPS) is 27.2. The molecule has 102 valence electrons. The number of nitrogens with one attached hydrogen (secondary N) is 1. The highest BCUT2D eigenvalue weighted by atomic mass is 35.5. The Morgan fingerprint density at radius 2 is 1.82 bits per heavy atom. The highest BCUT2D eigenvalue weighted by Crippen LogP contribution is 2.30. The van der Waals surface area contributed by atoms with Gasteiger partial charge in [-0.2, -0.15) is 0 Å². The molecule has 0 unspecified atom stereocenters. The van der Waals surface area contributed by atoms with E-state index in [0.717, 1.165) is 5.92 Å². The van der Waals surface area contributed by atoms with Crippen LogP contribution >= 0.6 is 12.4 Å². The predicted molar refractivity (Wildman–Crippen MR) is 76.9 cm³/mol. The van der Waals surface area contributed by atoms with E-state index in [2.05, 4.69) is 24.1 Å². The third kappa shape index (κ3) is 5.15. The van der Waals surface area contributed by atoms with Gasteiger partial charge >= 0.3 is 0 Å². The molecular formula is C14H29ClN2. The number of halogens is 1. The van der Waals surface area contributed by atoms with Crippen molar-refractivity contribution in [3.8, 4) is 0 Å². The maximum atomic E-state index is 3.46. The molecular weight excluding hydrogens is 232 g/mol. The molecule has 0 atom stereocenters. The summed E-state index contributed by atoms with van der Waals surface area (Å²) in [5.41, 5.74) is 0.586. The van der Waals surface area contributed by atoms with E-state index in [4.69, 9.17) is 0 Å². The van der Waals surface area contributed by atoms with Crippen LogP contribution in [0.3, 0.4) is 0 Å². The van der Waals surface area contributed by atoms with E-state index in [0.29, 0.717) is 5.41 Å². The third-order valence-electron chi connectivity index (χ3n) is 4.41. The van der Waals surface area contributed by atoms with E-state index >= 15 is 0 Å². The standard InChI is InChI=1S/C14H28N2.ClH/c1-14(2)6-3-10-16(11-7-14)12-13-4-8-15-9-5-13;/h13,15H,3-12H2,1-2H3;1H. The molecule has 17 heavy (non-hydrogen) atoms. The second-order valence-electron chi connectivity index (χ2n) is 6.51. The zero-order valence-electron chi connectivity index (χ0n) is 11.5. The predicted octanol–water partition coefficient (Wildman–Crippen LogP) is 2.92. The van der Waals surface area contributed by atoms with Gasteiger partial charge in [-0.25, -0.2) is 0 Å². The maximum Gasteiger partial charge on any atom is 0.00106 e. The summed E-state index contributed by atoms with van der Waals surface area (Å²) in [7, 11) is 0. The van der Waals surface area contributed by atoms with Crippen LogP contribution in [0, 0.1) is 11.3 Å². The van der Waals surface area contributed by atoms with Crippen molar-refractivity contribution in [3.05, 3.63) is 0 Å². The van der Waals surface area contributed by atoms with Crippen molar-refractivity contribution in [3.63, 3.8) is 0 Å². The number of hydrogen-bond donors (Lipinski definition) is 1. The summed E-state index contributed by atoms with van der Waals surface area (Å²) in [5.74, 6) is 0.961. The fourth-order valence-corrected chi connectivity index (χ4v) is 3.09. The Morgan fingerprint density at radius 1 is 1.12 bits per heavy atom. The van der Waals surface area contributed by atoms with Crippen LogP contribution in [0.25, 0.3) is 0 Å². The summed E-state index contributed by atoms with van der Waals surface area (Å²) in [5, 5.41) is 3.46. The van der Waals surface area contributed by atoms with Crippen LogP contribution < -0.4 is 5.32 Å². The Labute approximate surface area is 113 Å². The molecule has 3 heteroatoms. The van der Waals surface area contributed by atoms with Gasteiger partial charge in [0.25, 0.3) is 0 Å². The lowest BCUT2D eigenvalue weighted by Gasteiger charge is -2.29. The highest BCUT2D eigenvalue weighted by molar-refractivity contribution is 5.85. The van der Waals surface area contributed by atoms with Gasteiger partial charge in [-0.15, -0.1) is 12.4 Å². The SMILES string of the molecule is CC1(C)CCCN(CC2CCNCC2)CC1.Cl. The van der Waals surface area contributed by atoms with Gasteiger partial charge in [0.1, 0.15) is 0 Å². The summed E-state index contributed by atoms with van der Waals surface area (Å²) in [6, 6.07) is 0. The summed E-state index contributed by atoms with van der Waals surface area (Å²) in [4.78, 5) is 2.73. The lowest BCUT2D eigenvalue weighted by Crippen LogP contribution is -2.36. The van der Waals surface area contributed by atoms with E-state index in [9.17, 15) is 0 Å². The fourth-order valence-electron chi connectivity index (χ4n) is 3.09.